The second-order valence-electron chi connectivity index (χ2n) is 22.1. The van der Waals surface area contributed by atoms with E-state index < -0.39 is 82.7 Å². The summed E-state index contributed by atoms with van der Waals surface area (Å²) in [6, 6.07) is 2.59. The molecule has 0 aliphatic carbocycles. The first kappa shape index (κ1) is 51.7. The van der Waals surface area contributed by atoms with E-state index in [0.29, 0.717) is 75.6 Å². The molecule has 3 N–H and O–H groups in total. The molecule has 0 amide bonds. The number of ether oxygens (including phenoxy) is 11. The van der Waals surface area contributed by atoms with Crippen LogP contribution in [0.1, 0.15) is 124 Å². The highest BCUT2D eigenvalue weighted by atomic mass is 32.2. The standard InChI is InChI=1S/C52H67N3O16S/c1-24-17-27-18-29-44(56)55-30-21-63-45(57)52(28-20-31(61-13)32(19-26(28)15-16-53-52)66-46(58)69-49(3,4)5)22-72-43(35-34(30)41-40(64-23-65-41)25(2)39(35)67-47(59)70-50(6,7)8)37(55)36(54(29)12)33(27)42(38(24)62-14)68-48(60)71-51(9,10)11/h17,19-20,29-30,36-37,43-44,47,53,56,59H,15-16,18,21-23H2,1-14H3/t29-,30-,36-,37?,43+,44-,47?,52+/m0/s1. The summed E-state index contributed by atoms with van der Waals surface area (Å²) in [5.41, 5.74) is 1.12. The molecule has 7 aliphatic rings. The molecule has 392 valence electrons. The Balaban J connectivity index is 1.27. The van der Waals surface area contributed by atoms with Gasteiger partial charge in [0.15, 0.2) is 40.0 Å². The van der Waals surface area contributed by atoms with Crippen molar-refractivity contribution < 1.29 is 76.7 Å². The number of hydrogen-bond donors (Lipinski definition) is 3. The maximum atomic E-state index is 15.3. The number of likely N-dealkylation sites (N-methyl/N-ethyl adjacent to an activating group) is 1. The number of methoxy groups -OCH3 is 2. The predicted octanol–water partition coefficient (Wildman–Crippen LogP) is 7.17. The molecule has 0 saturated carbocycles. The number of nitrogens with one attached hydrogen (secondary N) is 1. The smallest absolute Gasteiger partial charge is 0.493 e. The summed E-state index contributed by atoms with van der Waals surface area (Å²) in [4.78, 5) is 46.1. The zero-order valence-electron chi connectivity index (χ0n) is 43.4. The Morgan fingerprint density at radius 2 is 1.51 bits per heavy atom. The van der Waals surface area contributed by atoms with Gasteiger partial charge >= 0.3 is 24.8 Å². The van der Waals surface area contributed by atoms with Gasteiger partial charge in [0.05, 0.1) is 43.2 Å². The lowest BCUT2D eigenvalue weighted by atomic mass is 9.73. The fraction of sp³-hybridized carbons (Fsp3) is 0.596. The molecule has 4 bridgehead atoms. The maximum Gasteiger partial charge on any atom is 0.514 e. The lowest BCUT2D eigenvalue weighted by Gasteiger charge is -2.62. The van der Waals surface area contributed by atoms with Crippen molar-refractivity contribution in [2.45, 2.75) is 153 Å². The lowest BCUT2D eigenvalue weighted by Crippen LogP contribution is -2.70. The molecule has 2 saturated heterocycles. The van der Waals surface area contributed by atoms with E-state index in [0.717, 1.165) is 5.56 Å². The number of esters is 1. The molecule has 2 fully saturated rings. The summed E-state index contributed by atoms with van der Waals surface area (Å²) in [6.07, 6.45) is -2.18. The van der Waals surface area contributed by atoms with E-state index in [1.807, 2.05) is 31.9 Å². The average Bonchev–Trinajstić information content (AvgIpc) is 3.76. The van der Waals surface area contributed by atoms with Gasteiger partial charge in [-0.1, -0.05) is 6.07 Å². The fourth-order valence-corrected chi connectivity index (χ4v) is 12.8. The molecule has 19 nitrogen and oxygen atoms in total. The van der Waals surface area contributed by atoms with Crippen LogP contribution >= 0.6 is 11.8 Å². The third-order valence-corrected chi connectivity index (χ3v) is 15.3. The molecule has 8 atom stereocenters. The number of aryl methyl sites for hydroxylation is 1. The number of benzene rings is 3. The van der Waals surface area contributed by atoms with Crippen molar-refractivity contribution in [3.8, 4) is 40.2 Å². The van der Waals surface area contributed by atoms with Gasteiger partial charge in [0.2, 0.25) is 6.79 Å². The second kappa shape index (κ2) is 18.6. The van der Waals surface area contributed by atoms with E-state index >= 15 is 4.79 Å². The summed E-state index contributed by atoms with van der Waals surface area (Å²) in [5, 5.41) is 27.4. The van der Waals surface area contributed by atoms with Gasteiger partial charge in [-0.15, -0.1) is 11.8 Å². The molecule has 3 aromatic carbocycles. The van der Waals surface area contributed by atoms with Crippen LogP contribution in [-0.2, 0) is 42.1 Å². The summed E-state index contributed by atoms with van der Waals surface area (Å²) < 4.78 is 66.7. The minimum absolute atomic E-state index is 0.0304. The number of aliphatic hydroxyl groups is 2. The zero-order valence-corrected chi connectivity index (χ0v) is 44.2. The molecule has 2 unspecified atom stereocenters. The van der Waals surface area contributed by atoms with Gasteiger partial charge in [-0.2, -0.15) is 0 Å². The Hall–Kier alpha value is -5.22. The largest absolute Gasteiger partial charge is 0.514 e. The van der Waals surface area contributed by atoms with Crippen molar-refractivity contribution in [3.05, 3.63) is 62.7 Å². The minimum Gasteiger partial charge on any atom is -0.493 e. The van der Waals surface area contributed by atoms with Crippen LogP contribution < -0.4 is 38.5 Å². The highest BCUT2D eigenvalue weighted by molar-refractivity contribution is 7.99. The van der Waals surface area contributed by atoms with E-state index in [9.17, 15) is 19.8 Å². The van der Waals surface area contributed by atoms with Gasteiger partial charge in [0, 0.05) is 40.6 Å². The first-order valence-corrected chi connectivity index (χ1v) is 25.2. The van der Waals surface area contributed by atoms with Crippen LogP contribution in [0.5, 0.6) is 40.2 Å². The summed E-state index contributed by atoms with van der Waals surface area (Å²) in [7, 11) is 4.90. The first-order valence-electron chi connectivity index (χ1n) is 24.2. The molecular weight excluding hydrogens is 955 g/mol. The molecule has 3 aromatic rings. The number of aliphatic hydroxyl groups excluding tert-OH is 2. The molecular formula is C52H67N3O16S. The molecule has 1 spiro atoms. The Labute approximate surface area is 423 Å². The van der Waals surface area contributed by atoms with E-state index in [2.05, 4.69) is 10.2 Å². The van der Waals surface area contributed by atoms with E-state index in [1.54, 1.807) is 74.4 Å². The van der Waals surface area contributed by atoms with Crippen molar-refractivity contribution in [2.75, 3.05) is 47.0 Å². The number of thioether (sulfide) groups is 1. The van der Waals surface area contributed by atoms with E-state index in [1.165, 1.54) is 26.0 Å². The van der Waals surface area contributed by atoms with Crippen molar-refractivity contribution in [2.24, 2.45) is 0 Å². The summed E-state index contributed by atoms with van der Waals surface area (Å²) >= 11 is 1.41. The minimum atomic E-state index is -1.75. The third kappa shape index (κ3) is 9.14. The van der Waals surface area contributed by atoms with Gasteiger partial charge in [0.1, 0.15) is 29.8 Å². The number of rotatable bonds is 7. The Bertz CT molecular complexity index is 2680. The molecule has 10 rings (SSSR count). The molecule has 7 heterocycles. The number of carbonyl (C=O) groups excluding carboxylic acids is 3. The first-order chi connectivity index (χ1) is 33.8. The average molecular weight is 1020 g/mol. The monoisotopic (exact) mass is 1020 g/mol. The van der Waals surface area contributed by atoms with Crippen LogP contribution in [0.15, 0.2) is 18.2 Å². The van der Waals surface area contributed by atoms with Crippen LogP contribution in [0.25, 0.3) is 0 Å². The maximum absolute atomic E-state index is 15.3. The number of carbonyl (C=O) groups is 3. The third-order valence-electron chi connectivity index (χ3n) is 13.8. The van der Waals surface area contributed by atoms with Crippen LogP contribution in [-0.4, -0.2) is 127 Å². The second-order valence-corrected chi connectivity index (χ2v) is 23.2. The van der Waals surface area contributed by atoms with Crippen molar-refractivity contribution in [3.63, 3.8) is 0 Å². The number of hydrogen-bond acceptors (Lipinski definition) is 20. The van der Waals surface area contributed by atoms with Crippen LogP contribution in [0.3, 0.4) is 0 Å². The topological polar surface area (TPSA) is 212 Å². The molecule has 0 radical (unpaired) electrons. The number of piperazine rings is 1. The van der Waals surface area contributed by atoms with Crippen molar-refractivity contribution in [1.29, 1.82) is 0 Å². The quantitative estimate of drug-likeness (QED) is 0.0926. The van der Waals surface area contributed by atoms with Gasteiger partial charge < -0.3 is 62.3 Å². The Morgan fingerprint density at radius 1 is 0.833 bits per heavy atom. The van der Waals surface area contributed by atoms with E-state index in [4.69, 9.17) is 52.1 Å². The van der Waals surface area contributed by atoms with E-state index in [-0.39, 0.29) is 42.2 Å². The molecule has 0 aromatic heterocycles. The normalized spacial score (nSPS) is 26.0. The Kier molecular flexibility index (Phi) is 13.4. The van der Waals surface area contributed by atoms with Gasteiger partial charge in [-0.3, -0.25) is 15.1 Å². The van der Waals surface area contributed by atoms with Crippen molar-refractivity contribution in [1.82, 2.24) is 15.1 Å². The molecule has 7 aliphatic heterocycles. The van der Waals surface area contributed by atoms with Crippen molar-refractivity contribution >= 4 is 30.0 Å². The van der Waals surface area contributed by atoms with Gasteiger partial charge in [-0.05, 0) is 130 Å². The molecule has 20 heteroatoms. The molecule has 72 heavy (non-hydrogen) atoms. The number of fused-ring (bicyclic) bond motifs is 9. The zero-order chi connectivity index (χ0) is 52.1. The lowest BCUT2D eigenvalue weighted by molar-refractivity contribution is -0.260. The Morgan fingerprint density at radius 3 is 2.17 bits per heavy atom. The highest BCUT2D eigenvalue weighted by Crippen LogP contribution is 2.65. The summed E-state index contributed by atoms with van der Waals surface area (Å²) in [5.74, 6) is 1.31. The predicted molar refractivity (Wildman–Crippen MR) is 261 cm³/mol. The van der Waals surface area contributed by atoms with Crippen LogP contribution in [0.2, 0.25) is 0 Å². The SMILES string of the molecule is COc1cc2c(cc1OC(=O)OC(C)(C)C)CCN[C@]21CS[C@@H]2c3c(OC(O)OC(C)(C)C)c(C)c4c(c3[C@H](COC1=O)N1C2[C@@H]2c3c(cc(C)c(OC)c3OC(=O)OC(C)(C)C)C[C@@H]([C@@H]1O)N2C)OCO4. The van der Waals surface area contributed by atoms with Crippen LogP contribution in [0, 0.1) is 13.8 Å². The fourth-order valence-electron chi connectivity index (χ4n) is 11.2. The van der Waals surface area contributed by atoms with Gasteiger partial charge in [-0.25, -0.2) is 14.4 Å². The highest BCUT2D eigenvalue weighted by Gasteiger charge is 2.62. The van der Waals surface area contributed by atoms with Gasteiger partial charge in [0.25, 0.3) is 0 Å². The number of nitrogens with zero attached hydrogens (tertiary/aromatic N) is 2. The van der Waals surface area contributed by atoms with Crippen LogP contribution in [0.4, 0.5) is 9.59 Å². The summed E-state index contributed by atoms with van der Waals surface area (Å²) in [6.45, 7) is 17.7.